The molecule has 0 spiro atoms. The zero-order chi connectivity index (χ0) is 10.5. The molecule has 1 aliphatic rings. The van der Waals surface area contributed by atoms with E-state index in [9.17, 15) is 4.79 Å². The topological polar surface area (TPSA) is 33.2 Å². The van der Waals surface area contributed by atoms with Crippen LogP contribution in [0.5, 0.6) is 0 Å². The number of nitrogens with zero attached hydrogens (tertiary/aromatic N) is 2. The molecule has 0 aliphatic carbocycles. The van der Waals surface area contributed by atoms with Crippen LogP contribution >= 0.6 is 0 Å². The smallest absolute Gasteiger partial charge is 0.223 e. The van der Waals surface area contributed by atoms with E-state index in [-0.39, 0.29) is 5.91 Å². The summed E-state index contributed by atoms with van der Waals surface area (Å²) < 4.78 is 0. The fourth-order valence-corrected chi connectivity index (χ4v) is 1.64. The number of aryl methyl sites for hydroxylation is 1. The maximum absolute atomic E-state index is 11.7. The van der Waals surface area contributed by atoms with Gasteiger partial charge in [0.2, 0.25) is 5.91 Å². The Hall–Kier alpha value is -1.64. The zero-order valence-electron chi connectivity index (χ0n) is 8.60. The largest absolute Gasteiger partial charge is 0.335 e. The van der Waals surface area contributed by atoms with Crippen molar-refractivity contribution in [3.63, 3.8) is 0 Å². The van der Waals surface area contributed by atoms with Crippen LogP contribution in [0, 0.1) is 0 Å². The Morgan fingerprint density at radius 1 is 1.27 bits per heavy atom. The fourth-order valence-electron chi connectivity index (χ4n) is 1.64. The van der Waals surface area contributed by atoms with Crippen molar-refractivity contribution in [1.82, 2.24) is 9.88 Å². The second-order valence-corrected chi connectivity index (χ2v) is 3.63. The number of hydrogen-bond donors (Lipinski definition) is 0. The van der Waals surface area contributed by atoms with E-state index in [1.54, 1.807) is 12.4 Å². The van der Waals surface area contributed by atoms with Crippen molar-refractivity contribution in [2.45, 2.75) is 12.8 Å². The van der Waals surface area contributed by atoms with Crippen LogP contribution in [-0.2, 0) is 11.2 Å². The number of hydrogen-bond acceptors (Lipinski definition) is 2. The lowest BCUT2D eigenvalue weighted by Crippen LogP contribution is -2.28. The van der Waals surface area contributed by atoms with Gasteiger partial charge >= 0.3 is 0 Å². The summed E-state index contributed by atoms with van der Waals surface area (Å²) in [6.45, 7) is 1.55. The maximum Gasteiger partial charge on any atom is 0.223 e. The van der Waals surface area contributed by atoms with Gasteiger partial charge in [-0.3, -0.25) is 9.78 Å². The van der Waals surface area contributed by atoms with E-state index in [1.165, 1.54) is 5.56 Å². The molecule has 1 amide bonds. The maximum atomic E-state index is 11.7. The highest BCUT2D eigenvalue weighted by Gasteiger charge is 2.13. The third-order valence-electron chi connectivity index (χ3n) is 2.55. The summed E-state index contributed by atoms with van der Waals surface area (Å²) in [5.41, 5.74) is 1.17. The van der Waals surface area contributed by atoms with Crippen LogP contribution in [0.4, 0.5) is 0 Å². The first-order valence-electron chi connectivity index (χ1n) is 5.18. The summed E-state index contributed by atoms with van der Waals surface area (Å²) in [6.07, 6.45) is 8.98. The number of amides is 1. The predicted octanol–water partition coefficient (Wildman–Crippen LogP) is 1.41. The highest BCUT2D eigenvalue weighted by molar-refractivity contribution is 5.77. The van der Waals surface area contributed by atoms with Crippen LogP contribution in [0.3, 0.4) is 0 Å². The molecule has 2 heterocycles. The normalized spacial score (nSPS) is 14.5. The molecule has 2 rings (SSSR count). The summed E-state index contributed by atoms with van der Waals surface area (Å²) in [6, 6.07) is 3.91. The van der Waals surface area contributed by atoms with Crippen molar-refractivity contribution >= 4 is 5.91 Å². The van der Waals surface area contributed by atoms with Crippen LogP contribution in [-0.4, -0.2) is 28.9 Å². The lowest BCUT2D eigenvalue weighted by molar-refractivity contribution is -0.129. The molecular weight excluding hydrogens is 188 g/mol. The molecule has 0 fully saturated rings. The van der Waals surface area contributed by atoms with Crippen molar-refractivity contribution in [2.75, 3.05) is 13.1 Å². The van der Waals surface area contributed by atoms with Gasteiger partial charge in [0.1, 0.15) is 0 Å². The second-order valence-electron chi connectivity index (χ2n) is 3.63. The fraction of sp³-hybridized carbons (Fsp3) is 0.333. The minimum absolute atomic E-state index is 0.233. The van der Waals surface area contributed by atoms with Crippen molar-refractivity contribution in [2.24, 2.45) is 0 Å². The molecule has 3 nitrogen and oxygen atoms in total. The monoisotopic (exact) mass is 202 g/mol. The van der Waals surface area contributed by atoms with Gasteiger partial charge in [0.25, 0.3) is 0 Å². The Morgan fingerprint density at radius 2 is 1.93 bits per heavy atom. The Kier molecular flexibility index (Phi) is 3.12. The number of rotatable bonds is 3. The molecule has 3 heteroatoms. The Bertz CT molecular complexity index is 351. The molecule has 0 saturated heterocycles. The molecule has 1 aliphatic heterocycles. The molecule has 0 atom stereocenters. The van der Waals surface area contributed by atoms with E-state index >= 15 is 0 Å². The van der Waals surface area contributed by atoms with Crippen molar-refractivity contribution in [3.05, 3.63) is 42.2 Å². The average Bonchev–Trinajstić information content (AvgIpc) is 2.81. The van der Waals surface area contributed by atoms with E-state index in [4.69, 9.17) is 0 Å². The molecule has 0 saturated carbocycles. The van der Waals surface area contributed by atoms with E-state index in [2.05, 4.69) is 4.98 Å². The highest BCUT2D eigenvalue weighted by atomic mass is 16.2. The lowest BCUT2D eigenvalue weighted by Gasteiger charge is -2.14. The van der Waals surface area contributed by atoms with Crippen molar-refractivity contribution in [1.29, 1.82) is 0 Å². The summed E-state index contributed by atoms with van der Waals surface area (Å²) in [7, 11) is 0. The van der Waals surface area contributed by atoms with Gasteiger partial charge in [-0.15, -0.1) is 0 Å². The van der Waals surface area contributed by atoms with Gasteiger partial charge in [0, 0.05) is 31.9 Å². The minimum atomic E-state index is 0.233. The summed E-state index contributed by atoms with van der Waals surface area (Å²) in [5.74, 6) is 0.233. The van der Waals surface area contributed by atoms with Gasteiger partial charge in [0.05, 0.1) is 0 Å². The van der Waals surface area contributed by atoms with Gasteiger partial charge in [-0.2, -0.15) is 0 Å². The molecular formula is C12H14N2O. The van der Waals surface area contributed by atoms with E-state index < -0.39 is 0 Å². The molecule has 0 unspecified atom stereocenters. The van der Waals surface area contributed by atoms with Crippen LogP contribution < -0.4 is 0 Å². The van der Waals surface area contributed by atoms with Gasteiger partial charge < -0.3 is 4.90 Å². The second kappa shape index (κ2) is 4.73. The quantitative estimate of drug-likeness (QED) is 0.694. The number of aromatic nitrogens is 1. The van der Waals surface area contributed by atoms with Crippen LogP contribution in [0.1, 0.15) is 12.0 Å². The summed E-state index contributed by atoms with van der Waals surface area (Å²) in [4.78, 5) is 17.5. The predicted molar refractivity (Wildman–Crippen MR) is 58.3 cm³/mol. The SMILES string of the molecule is O=C(CCc1ccncc1)N1CC=CC1. The lowest BCUT2D eigenvalue weighted by atomic mass is 10.1. The first-order valence-corrected chi connectivity index (χ1v) is 5.18. The molecule has 0 N–H and O–H groups in total. The molecule has 0 radical (unpaired) electrons. The highest BCUT2D eigenvalue weighted by Crippen LogP contribution is 2.06. The van der Waals surface area contributed by atoms with Gasteiger partial charge in [-0.1, -0.05) is 12.2 Å². The first kappa shape index (κ1) is 9.90. The Morgan fingerprint density at radius 3 is 2.60 bits per heavy atom. The van der Waals surface area contributed by atoms with Crippen LogP contribution in [0.15, 0.2) is 36.7 Å². The van der Waals surface area contributed by atoms with E-state index in [1.807, 2.05) is 29.2 Å². The van der Waals surface area contributed by atoms with Crippen LogP contribution in [0.25, 0.3) is 0 Å². The molecule has 1 aromatic heterocycles. The summed E-state index contributed by atoms with van der Waals surface area (Å²) in [5, 5.41) is 0. The molecule has 15 heavy (non-hydrogen) atoms. The molecule has 0 aromatic carbocycles. The zero-order valence-corrected chi connectivity index (χ0v) is 8.60. The van der Waals surface area contributed by atoms with Gasteiger partial charge in [0.15, 0.2) is 0 Å². The van der Waals surface area contributed by atoms with Crippen molar-refractivity contribution in [3.8, 4) is 0 Å². The first-order chi connectivity index (χ1) is 7.36. The Labute approximate surface area is 89.4 Å². The number of carbonyl (C=O) groups excluding carboxylic acids is 1. The molecule has 1 aromatic rings. The minimum Gasteiger partial charge on any atom is -0.335 e. The van der Waals surface area contributed by atoms with Gasteiger partial charge in [-0.25, -0.2) is 0 Å². The third kappa shape index (κ3) is 2.65. The summed E-state index contributed by atoms with van der Waals surface area (Å²) >= 11 is 0. The van der Waals surface area contributed by atoms with E-state index in [0.717, 1.165) is 19.5 Å². The average molecular weight is 202 g/mol. The van der Waals surface area contributed by atoms with E-state index in [0.29, 0.717) is 6.42 Å². The molecule has 78 valence electrons. The third-order valence-corrected chi connectivity index (χ3v) is 2.55. The molecule has 0 bridgehead atoms. The van der Waals surface area contributed by atoms with Crippen molar-refractivity contribution < 1.29 is 4.79 Å². The number of carbonyl (C=O) groups is 1. The van der Waals surface area contributed by atoms with Gasteiger partial charge in [-0.05, 0) is 24.1 Å². The number of pyridine rings is 1. The standard InChI is InChI=1S/C12H14N2O/c15-12(14-9-1-2-10-14)4-3-11-5-7-13-8-6-11/h1-2,5-8H,3-4,9-10H2. The Balaban J connectivity index is 1.81. The van der Waals surface area contributed by atoms with Crippen LogP contribution in [0.2, 0.25) is 0 Å².